The van der Waals surface area contributed by atoms with Gasteiger partial charge < -0.3 is 0 Å². The van der Waals surface area contributed by atoms with Crippen LogP contribution in [0, 0.1) is 6.07 Å². The van der Waals surface area contributed by atoms with Crippen molar-refractivity contribution in [1.29, 1.82) is 0 Å². The Morgan fingerprint density at radius 3 is 1.30 bits per heavy atom. The van der Waals surface area contributed by atoms with E-state index in [9.17, 15) is 0 Å². The molecule has 2 aromatic rings. The molecule has 0 radical (unpaired) electrons. The van der Waals surface area contributed by atoms with Crippen molar-refractivity contribution in [3.8, 4) is 0 Å². The summed E-state index contributed by atoms with van der Waals surface area (Å²) in [6.45, 7) is 27.6. The molecule has 0 bridgehead atoms. The topological polar surface area (TPSA) is 0 Å². The van der Waals surface area contributed by atoms with Gasteiger partial charge in [-0.15, -0.1) is 0 Å². The van der Waals surface area contributed by atoms with E-state index in [0.717, 1.165) is 6.42 Å². The zero-order chi connectivity index (χ0) is 22.4. The fourth-order valence-electron chi connectivity index (χ4n) is 3.44. The maximum atomic E-state index is 3.76. The Labute approximate surface area is 209 Å². The van der Waals surface area contributed by atoms with Crippen molar-refractivity contribution in [2.75, 3.05) is 0 Å². The Morgan fingerprint density at radius 2 is 0.933 bits per heavy atom. The molecule has 0 N–H and O–H groups in total. The van der Waals surface area contributed by atoms with Crippen LogP contribution in [0.2, 0.25) is 0 Å². The Bertz CT molecular complexity index is 721. The Kier molecular flexibility index (Phi) is 8.36. The number of rotatable bonds is 2. The molecule has 0 saturated heterocycles. The van der Waals surface area contributed by atoms with Crippen molar-refractivity contribution in [2.24, 2.45) is 0 Å². The molecule has 1 heteroatoms. The van der Waals surface area contributed by atoms with Crippen molar-refractivity contribution >= 4 is 0 Å². The first-order chi connectivity index (χ1) is 12.9. The first-order valence-corrected chi connectivity index (χ1v) is 11.1. The largest absolute Gasteiger partial charge is 1.00 e. The molecule has 0 aliphatic rings. The van der Waals surface area contributed by atoms with Crippen LogP contribution in [0.3, 0.4) is 0 Å². The molecule has 0 nitrogen and oxygen atoms in total. The van der Waals surface area contributed by atoms with Crippen LogP contribution in [0.4, 0.5) is 0 Å². The van der Waals surface area contributed by atoms with Gasteiger partial charge in [0.25, 0.3) is 0 Å². The van der Waals surface area contributed by atoms with E-state index in [2.05, 4.69) is 119 Å². The minimum absolute atomic E-state index is 0. The molecule has 0 spiro atoms. The summed E-state index contributed by atoms with van der Waals surface area (Å²) in [5, 5.41) is 0. The van der Waals surface area contributed by atoms with Gasteiger partial charge in [-0.25, -0.2) is 0 Å². The van der Waals surface area contributed by atoms with Crippen molar-refractivity contribution in [3.63, 3.8) is 0 Å². The van der Waals surface area contributed by atoms with Gasteiger partial charge in [0.1, 0.15) is 0 Å². The zero-order valence-electron chi connectivity index (χ0n) is 22.1. The van der Waals surface area contributed by atoms with E-state index >= 15 is 0 Å². The Hall–Kier alpha value is -0.560. The number of benzene rings is 2. The SMILES string of the molecule is CC(C)(C)c1[c-]c(Cc2cc(C(C)(C)C)cc(C(C)(C)C)c2)cc(C(C)(C)C)c1.[Na+]. The van der Waals surface area contributed by atoms with Crippen LogP contribution in [0.5, 0.6) is 0 Å². The first kappa shape index (κ1) is 27.5. The molecule has 0 heterocycles. The minimum Gasteiger partial charge on any atom is -0.176 e. The molecule has 0 fully saturated rings. The molecular formula is C29H43Na. The van der Waals surface area contributed by atoms with Crippen molar-refractivity contribution in [2.45, 2.75) is 111 Å². The van der Waals surface area contributed by atoms with Gasteiger partial charge >= 0.3 is 29.6 Å². The van der Waals surface area contributed by atoms with Crippen LogP contribution in [-0.2, 0) is 28.1 Å². The summed E-state index contributed by atoms with van der Waals surface area (Å²) in [7, 11) is 0. The number of hydrogen-bond acceptors (Lipinski definition) is 0. The van der Waals surface area contributed by atoms with Crippen LogP contribution in [0.15, 0.2) is 30.3 Å². The third-order valence-electron chi connectivity index (χ3n) is 5.72. The number of hydrogen-bond donors (Lipinski definition) is 0. The summed E-state index contributed by atoms with van der Waals surface area (Å²) < 4.78 is 0. The van der Waals surface area contributed by atoms with E-state index < -0.39 is 0 Å². The van der Waals surface area contributed by atoms with Crippen LogP contribution in [0.25, 0.3) is 0 Å². The predicted octanol–water partition coefficient (Wildman–Crippen LogP) is 5.27. The summed E-state index contributed by atoms with van der Waals surface area (Å²) in [6.07, 6.45) is 0.931. The van der Waals surface area contributed by atoms with Crippen LogP contribution in [-0.4, -0.2) is 0 Å². The molecule has 2 rings (SSSR count). The van der Waals surface area contributed by atoms with Gasteiger partial charge in [-0.05, 0) is 44.8 Å². The van der Waals surface area contributed by atoms with Crippen molar-refractivity contribution in [1.82, 2.24) is 0 Å². The van der Waals surface area contributed by atoms with Crippen molar-refractivity contribution < 1.29 is 29.6 Å². The molecule has 0 amide bonds. The Morgan fingerprint density at radius 1 is 0.533 bits per heavy atom. The van der Waals surface area contributed by atoms with E-state index in [1.165, 1.54) is 33.4 Å². The summed E-state index contributed by atoms with van der Waals surface area (Å²) in [6, 6.07) is 15.7. The van der Waals surface area contributed by atoms with Gasteiger partial charge in [-0.1, -0.05) is 101 Å². The second-order valence-electron chi connectivity index (χ2n) is 12.9. The second kappa shape index (κ2) is 9.13. The van der Waals surface area contributed by atoms with Gasteiger partial charge in [0, 0.05) is 0 Å². The maximum absolute atomic E-state index is 3.76. The standard InChI is InChI=1S/C29H43.Na/c1-26(2,3)22-14-20(15-23(18-22)27(4,5)6)13-21-16-24(28(7,8)9)19-25(17-21)29(10,11)12;/h14-16,18-19H,13H2,1-12H3;/q-1;+1. The molecular weight excluding hydrogens is 371 g/mol. The molecule has 0 saturated carbocycles. The van der Waals surface area contributed by atoms with E-state index in [0.29, 0.717) is 0 Å². The van der Waals surface area contributed by atoms with Crippen LogP contribution < -0.4 is 29.6 Å². The first-order valence-electron chi connectivity index (χ1n) is 11.1. The van der Waals surface area contributed by atoms with Gasteiger partial charge in [0.15, 0.2) is 0 Å². The third kappa shape index (κ3) is 7.25. The molecule has 160 valence electrons. The molecule has 0 atom stereocenters. The van der Waals surface area contributed by atoms with E-state index in [-0.39, 0.29) is 51.2 Å². The van der Waals surface area contributed by atoms with E-state index in [4.69, 9.17) is 0 Å². The van der Waals surface area contributed by atoms with Gasteiger partial charge in [0.2, 0.25) is 0 Å². The normalized spacial score (nSPS) is 13.2. The predicted molar refractivity (Wildman–Crippen MR) is 129 cm³/mol. The minimum atomic E-state index is 0. The monoisotopic (exact) mass is 414 g/mol. The smallest absolute Gasteiger partial charge is 0.176 e. The van der Waals surface area contributed by atoms with Gasteiger partial charge in [0.05, 0.1) is 0 Å². The van der Waals surface area contributed by atoms with Crippen molar-refractivity contribution in [3.05, 3.63) is 69.8 Å². The zero-order valence-corrected chi connectivity index (χ0v) is 24.1. The van der Waals surface area contributed by atoms with Crippen LogP contribution >= 0.6 is 0 Å². The molecule has 0 aliphatic heterocycles. The molecule has 0 aliphatic carbocycles. The van der Waals surface area contributed by atoms with E-state index in [1.54, 1.807) is 0 Å². The summed E-state index contributed by atoms with van der Waals surface area (Å²) >= 11 is 0. The maximum Gasteiger partial charge on any atom is 1.00 e. The van der Waals surface area contributed by atoms with Gasteiger partial charge in [-0.3, -0.25) is 0 Å². The quantitative estimate of drug-likeness (QED) is 0.464. The summed E-state index contributed by atoms with van der Waals surface area (Å²) in [5.74, 6) is 0. The molecule has 30 heavy (non-hydrogen) atoms. The fourth-order valence-corrected chi connectivity index (χ4v) is 3.44. The fraction of sp³-hybridized carbons (Fsp3) is 0.586. The Balaban J connectivity index is 0.00000450. The average molecular weight is 415 g/mol. The third-order valence-corrected chi connectivity index (χ3v) is 5.72. The van der Waals surface area contributed by atoms with Gasteiger partial charge in [-0.2, -0.15) is 34.9 Å². The summed E-state index contributed by atoms with van der Waals surface area (Å²) in [4.78, 5) is 0. The van der Waals surface area contributed by atoms with Crippen LogP contribution in [0.1, 0.15) is 116 Å². The second-order valence-corrected chi connectivity index (χ2v) is 12.9. The molecule has 2 aromatic carbocycles. The molecule has 0 aromatic heterocycles. The summed E-state index contributed by atoms with van der Waals surface area (Å²) in [5.41, 5.74) is 8.76. The average Bonchev–Trinajstić information content (AvgIpc) is 2.51. The molecule has 0 unspecified atom stereocenters. The van der Waals surface area contributed by atoms with E-state index in [1.807, 2.05) is 0 Å².